The Hall–Kier alpha value is -6.56. The lowest BCUT2D eigenvalue weighted by molar-refractivity contribution is 1.07. The molecular weight excluding hydrogens is 641 g/mol. The Morgan fingerprint density at radius 3 is 1.25 bits per heavy atom. The maximum Gasteiger partial charge on any atom is 0.164 e. The Kier molecular flexibility index (Phi) is 8.01. The minimum absolute atomic E-state index is 0.623. The summed E-state index contributed by atoms with van der Waals surface area (Å²) in [5.41, 5.74) is 11.8. The van der Waals surface area contributed by atoms with E-state index >= 15 is 0 Å². The molecule has 0 unspecified atom stereocenters. The number of hydrogen-bond donors (Lipinski definition) is 0. The van der Waals surface area contributed by atoms with E-state index < -0.39 is 0 Å². The second-order valence-corrected chi connectivity index (χ2v) is 13.4. The molecular formula is C46H30N4S. The molecule has 0 spiro atoms. The number of fused-ring (bicyclic) bond motifs is 1. The fourth-order valence-corrected chi connectivity index (χ4v) is 7.34. The average molecular weight is 671 g/mol. The van der Waals surface area contributed by atoms with Gasteiger partial charge in [-0.2, -0.15) is 0 Å². The first-order valence-corrected chi connectivity index (χ1v) is 17.7. The summed E-state index contributed by atoms with van der Waals surface area (Å²) in [5.74, 6) is 1.89. The molecule has 0 saturated carbocycles. The molecule has 0 saturated heterocycles. The minimum Gasteiger partial charge on any atom is -0.236 e. The maximum atomic E-state index is 5.12. The van der Waals surface area contributed by atoms with Gasteiger partial charge in [-0.1, -0.05) is 140 Å². The van der Waals surface area contributed by atoms with Crippen LogP contribution in [0.3, 0.4) is 0 Å². The van der Waals surface area contributed by atoms with Crippen LogP contribution in [0.2, 0.25) is 0 Å². The fraction of sp³-hybridized carbons (Fsp3) is 0. The van der Waals surface area contributed by atoms with Crippen LogP contribution in [0.1, 0.15) is 0 Å². The number of nitrogens with zero attached hydrogens (tertiary/aromatic N) is 4. The van der Waals surface area contributed by atoms with Crippen LogP contribution in [0.15, 0.2) is 182 Å². The van der Waals surface area contributed by atoms with E-state index in [2.05, 4.69) is 146 Å². The minimum atomic E-state index is 0.623. The van der Waals surface area contributed by atoms with E-state index in [1.165, 1.54) is 11.1 Å². The molecule has 0 aliphatic carbocycles. The number of aromatic nitrogens is 4. The van der Waals surface area contributed by atoms with Crippen molar-refractivity contribution < 1.29 is 0 Å². The summed E-state index contributed by atoms with van der Waals surface area (Å²) in [6.07, 6.45) is 0. The number of rotatable bonds is 7. The van der Waals surface area contributed by atoms with Crippen molar-refractivity contribution in [3.8, 4) is 78.1 Å². The van der Waals surface area contributed by atoms with Gasteiger partial charge in [-0.3, -0.25) is 0 Å². The van der Waals surface area contributed by atoms with Crippen LogP contribution in [-0.2, 0) is 0 Å². The highest BCUT2D eigenvalue weighted by Gasteiger charge is 2.16. The summed E-state index contributed by atoms with van der Waals surface area (Å²) in [6.45, 7) is 0. The first-order valence-electron chi connectivity index (χ1n) is 16.9. The quantitative estimate of drug-likeness (QED) is 0.169. The van der Waals surface area contributed by atoms with Crippen LogP contribution in [-0.4, -0.2) is 19.9 Å². The molecule has 4 nitrogen and oxygen atoms in total. The Labute approximate surface area is 300 Å². The first kappa shape index (κ1) is 30.5. The predicted molar refractivity (Wildman–Crippen MR) is 211 cm³/mol. The molecule has 9 rings (SSSR count). The summed E-state index contributed by atoms with van der Waals surface area (Å²) < 4.78 is 1.07. The van der Waals surface area contributed by atoms with Crippen LogP contribution < -0.4 is 0 Å². The summed E-state index contributed by atoms with van der Waals surface area (Å²) in [7, 11) is 0. The van der Waals surface area contributed by atoms with Gasteiger partial charge < -0.3 is 0 Å². The van der Waals surface area contributed by atoms with Gasteiger partial charge in [-0.25, -0.2) is 19.9 Å². The van der Waals surface area contributed by atoms with Crippen molar-refractivity contribution in [1.29, 1.82) is 0 Å². The van der Waals surface area contributed by atoms with Crippen LogP contribution in [0.25, 0.3) is 88.3 Å². The van der Waals surface area contributed by atoms with Crippen molar-refractivity contribution in [3.05, 3.63) is 182 Å². The highest BCUT2D eigenvalue weighted by atomic mass is 32.1. The van der Waals surface area contributed by atoms with Crippen LogP contribution >= 0.6 is 11.3 Å². The number of thiazole rings is 1. The van der Waals surface area contributed by atoms with Crippen LogP contribution in [0.5, 0.6) is 0 Å². The second-order valence-electron chi connectivity index (χ2n) is 12.4. The van der Waals surface area contributed by atoms with Crippen LogP contribution in [0, 0.1) is 0 Å². The van der Waals surface area contributed by atoms with E-state index in [4.69, 9.17) is 19.9 Å². The predicted octanol–water partition coefficient (Wildman–Crippen LogP) is 12.2. The molecule has 0 aliphatic heterocycles. The van der Waals surface area contributed by atoms with Crippen molar-refractivity contribution in [2.75, 3.05) is 0 Å². The van der Waals surface area contributed by atoms with Gasteiger partial charge in [0.15, 0.2) is 17.5 Å². The number of hydrogen-bond acceptors (Lipinski definition) is 5. The largest absolute Gasteiger partial charge is 0.236 e. The lowest BCUT2D eigenvalue weighted by Crippen LogP contribution is -2.00. The van der Waals surface area contributed by atoms with Gasteiger partial charge in [-0.15, -0.1) is 11.3 Å². The zero-order valence-electron chi connectivity index (χ0n) is 27.5. The van der Waals surface area contributed by atoms with Crippen molar-refractivity contribution in [3.63, 3.8) is 0 Å². The summed E-state index contributed by atoms with van der Waals surface area (Å²) in [5, 5.41) is 0.969. The van der Waals surface area contributed by atoms with E-state index in [1.54, 1.807) is 11.3 Å². The lowest BCUT2D eigenvalue weighted by atomic mass is 9.96. The van der Waals surface area contributed by atoms with Gasteiger partial charge in [0.05, 0.1) is 10.2 Å². The molecule has 0 amide bonds. The van der Waals surface area contributed by atoms with Crippen molar-refractivity contribution >= 4 is 21.6 Å². The molecule has 0 N–H and O–H groups in total. The Bertz CT molecular complexity index is 2560. The van der Waals surface area contributed by atoms with E-state index in [9.17, 15) is 0 Å². The molecule has 2 aromatic heterocycles. The molecule has 240 valence electrons. The summed E-state index contributed by atoms with van der Waals surface area (Å²) in [4.78, 5) is 20.2. The molecule has 0 bridgehead atoms. The zero-order chi connectivity index (χ0) is 34.0. The van der Waals surface area contributed by atoms with Crippen molar-refractivity contribution in [2.24, 2.45) is 0 Å². The standard InChI is InChI=1S/C46H30N4S/c1-5-14-31(15-6-1)35-22-13-23-36(26-35)44-48-43(34-20-11-4-12-21-34)49-45(50-44)37-24-25-41-42(30-37)51-46(47-41)40-28-38(32-16-7-2-8-17-32)27-39(29-40)33-18-9-3-10-19-33/h1-30H. The SMILES string of the molecule is c1ccc(-c2cccc(-c3nc(-c4ccccc4)nc(-c4ccc5nc(-c6cc(-c7ccccc7)cc(-c7ccccc7)c6)sc5c4)n3)c2)cc1. The molecule has 2 heterocycles. The van der Waals surface area contributed by atoms with Gasteiger partial charge in [0.2, 0.25) is 0 Å². The molecule has 51 heavy (non-hydrogen) atoms. The highest BCUT2D eigenvalue weighted by molar-refractivity contribution is 7.21. The Morgan fingerprint density at radius 2 is 0.686 bits per heavy atom. The second kappa shape index (κ2) is 13.4. The average Bonchev–Trinajstić information content (AvgIpc) is 3.66. The zero-order valence-corrected chi connectivity index (χ0v) is 28.3. The monoisotopic (exact) mass is 670 g/mol. The summed E-state index contributed by atoms with van der Waals surface area (Å²) in [6, 6.07) is 63.0. The first-order chi connectivity index (χ1) is 25.2. The normalized spacial score (nSPS) is 11.1. The van der Waals surface area contributed by atoms with Gasteiger partial charge in [0, 0.05) is 22.3 Å². The van der Waals surface area contributed by atoms with Crippen molar-refractivity contribution in [1.82, 2.24) is 19.9 Å². The fourth-order valence-electron chi connectivity index (χ4n) is 6.35. The third-order valence-electron chi connectivity index (χ3n) is 8.94. The van der Waals surface area contributed by atoms with Crippen molar-refractivity contribution in [2.45, 2.75) is 0 Å². The highest BCUT2D eigenvalue weighted by Crippen LogP contribution is 2.38. The third kappa shape index (κ3) is 6.34. The molecule has 7 aromatic carbocycles. The van der Waals surface area contributed by atoms with Gasteiger partial charge >= 0.3 is 0 Å². The number of benzene rings is 7. The summed E-state index contributed by atoms with van der Waals surface area (Å²) >= 11 is 1.69. The van der Waals surface area contributed by atoms with Gasteiger partial charge in [0.25, 0.3) is 0 Å². The molecule has 0 fully saturated rings. The van der Waals surface area contributed by atoms with E-state index in [0.29, 0.717) is 17.5 Å². The third-order valence-corrected chi connectivity index (χ3v) is 10.0. The van der Waals surface area contributed by atoms with Gasteiger partial charge in [-0.05, 0) is 75.8 Å². The smallest absolute Gasteiger partial charge is 0.164 e. The van der Waals surface area contributed by atoms with Crippen LogP contribution in [0.4, 0.5) is 0 Å². The van der Waals surface area contributed by atoms with Gasteiger partial charge in [0.1, 0.15) is 5.01 Å². The maximum absolute atomic E-state index is 5.12. The molecule has 0 radical (unpaired) electrons. The molecule has 0 atom stereocenters. The van der Waals surface area contributed by atoms with E-state index in [0.717, 1.165) is 59.7 Å². The topological polar surface area (TPSA) is 51.6 Å². The van der Waals surface area contributed by atoms with E-state index in [1.807, 2.05) is 36.4 Å². The van der Waals surface area contributed by atoms with E-state index in [-0.39, 0.29) is 0 Å². The molecule has 9 aromatic rings. The molecule has 0 aliphatic rings. The Morgan fingerprint density at radius 1 is 0.275 bits per heavy atom. The molecule has 5 heteroatoms. The Balaban J connectivity index is 1.14. The lowest BCUT2D eigenvalue weighted by Gasteiger charge is -2.09.